The monoisotopic (exact) mass is 274 g/mol. The Kier molecular flexibility index (Phi) is 3.31. The van der Waals surface area contributed by atoms with Crippen LogP contribution in [-0.2, 0) is 0 Å². The lowest BCUT2D eigenvalue weighted by molar-refractivity contribution is 0.470. The molecule has 1 atom stereocenters. The molecule has 0 aromatic heterocycles. The molecular weight excluding hydrogens is 261 g/mol. The quantitative estimate of drug-likeness (QED) is 0.799. The Balaban J connectivity index is 2.46. The number of hydrogen-bond acceptors (Lipinski definition) is 3. The number of aliphatic imine (C=N–C) groups is 1. The smallest absolute Gasteiger partial charge is 0.167 e. The predicted molar refractivity (Wildman–Crippen MR) is 67.2 cm³/mol. The molecule has 0 aliphatic carbocycles. The fourth-order valence-corrected chi connectivity index (χ4v) is 2.73. The molecule has 0 fully saturated rings. The van der Waals surface area contributed by atoms with E-state index in [4.69, 9.17) is 5.73 Å². The highest BCUT2D eigenvalue weighted by Gasteiger charge is 2.33. The van der Waals surface area contributed by atoms with E-state index in [1.54, 1.807) is 0 Å². The summed E-state index contributed by atoms with van der Waals surface area (Å²) in [5, 5.41) is 0. The number of amidine groups is 1. The van der Waals surface area contributed by atoms with Crippen molar-refractivity contribution in [2.45, 2.75) is 24.6 Å². The van der Waals surface area contributed by atoms with E-state index in [9.17, 15) is 13.2 Å². The Morgan fingerprint density at radius 1 is 1.28 bits per heavy atom. The summed E-state index contributed by atoms with van der Waals surface area (Å²) >= 11 is 1.44. The molecule has 0 saturated heterocycles. The number of nitrogens with two attached hydrogens (primary N) is 1. The van der Waals surface area contributed by atoms with Gasteiger partial charge in [0.2, 0.25) is 0 Å². The highest BCUT2D eigenvalue weighted by molar-refractivity contribution is 8.01. The largest absolute Gasteiger partial charge is 0.386 e. The molecule has 0 radical (unpaired) electrons. The van der Waals surface area contributed by atoms with Gasteiger partial charge >= 0.3 is 0 Å². The number of thioether (sulfide) groups is 1. The van der Waals surface area contributed by atoms with Gasteiger partial charge in [0.25, 0.3) is 0 Å². The summed E-state index contributed by atoms with van der Waals surface area (Å²) in [6.07, 6.45) is 0. The van der Waals surface area contributed by atoms with Crippen LogP contribution in [0.3, 0.4) is 0 Å². The van der Waals surface area contributed by atoms with Crippen LogP contribution in [0.5, 0.6) is 0 Å². The van der Waals surface area contributed by atoms with Crippen molar-refractivity contribution in [3.8, 4) is 0 Å². The average molecular weight is 274 g/mol. The Labute approximate surface area is 107 Å². The molecule has 1 aliphatic rings. The summed E-state index contributed by atoms with van der Waals surface area (Å²) in [6.45, 7) is 3.76. The molecule has 1 heterocycles. The molecule has 2 rings (SSSR count). The lowest BCUT2D eigenvalue weighted by Crippen LogP contribution is -2.39. The molecular formula is C12H13F3N2S. The second kappa shape index (κ2) is 4.50. The van der Waals surface area contributed by atoms with Crippen LogP contribution in [0.25, 0.3) is 0 Å². The maximum absolute atomic E-state index is 13.6. The zero-order valence-corrected chi connectivity index (χ0v) is 10.8. The first-order valence-electron chi connectivity index (χ1n) is 5.44. The Hall–Kier alpha value is -1.17. The lowest BCUT2D eigenvalue weighted by atomic mass is 10.1. The zero-order chi connectivity index (χ0) is 13.5. The van der Waals surface area contributed by atoms with E-state index >= 15 is 0 Å². The van der Waals surface area contributed by atoms with Crippen molar-refractivity contribution in [3.05, 3.63) is 35.1 Å². The molecule has 1 aromatic carbocycles. The van der Waals surface area contributed by atoms with Gasteiger partial charge in [0.05, 0.1) is 16.4 Å². The van der Waals surface area contributed by atoms with Crippen LogP contribution in [0, 0.1) is 17.5 Å². The Bertz CT molecular complexity index is 514. The molecule has 98 valence electrons. The van der Waals surface area contributed by atoms with Crippen LogP contribution in [-0.4, -0.2) is 16.3 Å². The van der Waals surface area contributed by atoms with Gasteiger partial charge < -0.3 is 5.73 Å². The van der Waals surface area contributed by atoms with Gasteiger partial charge in [-0.15, -0.1) is 11.8 Å². The van der Waals surface area contributed by atoms with Gasteiger partial charge in [-0.1, -0.05) is 0 Å². The second-order valence-corrected chi connectivity index (χ2v) is 6.25. The van der Waals surface area contributed by atoms with E-state index < -0.39 is 23.5 Å². The van der Waals surface area contributed by atoms with Gasteiger partial charge in [-0.05, 0) is 26.0 Å². The Morgan fingerprint density at radius 2 is 1.89 bits per heavy atom. The molecule has 1 aromatic rings. The number of benzene rings is 1. The van der Waals surface area contributed by atoms with E-state index in [0.717, 1.165) is 12.1 Å². The second-order valence-electron chi connectivity index (χ2n) is 4.61. The third-order valence-corrected chi connectivity index (χ3v) is 4.34. The first-order valence-corrected chi connectivity index (χ1v) is 6.42. The third-order valence-electron chi connectivity index (χ3n) is 2.93. The van der Waals surface area contributed by atoms with Crippen LogP contribution in [0.2, 0.25) is 0 Å². The fraction of sp³-hybridized carbons (Fsp3) is 0.417. The predicted octanol–water partition coefficient (Wildman–Crippen LogP) is 3.03. The summed E-state index contributed by atoms with van der Waals surface area (Å²) in [4.78, 5) is 4.09. The van der Waals surface area contributed by atoms with Crippen molar-refractivity contribution >= 4 is 17.6 Å². The molecule has 0 saturated carbocycles. The van der Waals surface area contributed by atoms with Crippen LogP contribution < -0.4 is 5.73 Å². The van der Waals surface area contributed by atoms with E-state index in [2.05, 4.69) is 4.99 Å². The van der Waals surface area contributed by atoms with Gasteiger partial charge in [-0.2, -0.15) is 0 Å². The maximum Gasteiger partial charge on any atom is 0.167 e. The minimum Gasteiger partial charge on any atom is -0.386 e. The van der Waals surface area contributed by atoms with Crippen LogP contribution in [0.15, 0.2) is 17.1 Å². The van der Waals surface area contributed by atoms with Gasteiger partial charge in [0.15, 0.2) is 11.6 Å². The minimum atomic E-state index is -1.18. The summed E-state index contributed by atoms with van der Waals surface area (Å²) in [6, 6.07) is 0.893. The summed E-state index contributed by atoms with van der Waals surface area (Å²) in [7, 11) is 0. The first kappa shape index (κ1) is 13.3. The average Bonchev–Trinajstić information content (AvgIpc) is 2.29. The van der Waals surface area contributed by atoms with Gasteiger partial charge in [-0.3, -0.25) is 4.99 Å². The number of halogens is 3. The third kappa shape index (κ3) is 2.21. The highest BCUT2D eigenvalue weighted by atomic mass is 32.2. The lowest BCUT2D eigenvalue weighted by Gasteiger charge is -2.31. The Morgan fingerprint density at radius 3 is 2.50 bits per heavy atom. The van der Waals surface area contributed by atoms with E-state index in [1.807, 2.05) is 13.8 Å². The standard InChI is InChI=1S/C12H13F3N2S/c1-12(2)11(16)17-8(5-18-12)9-6(13)3-4-7(14)10(9)15/h3-4,8H,5H2,1-2H3,(H2,16,17). The van der Waals surface area contributed by atoms with Crippen LogP contribution in [0.4, 0.5) is 13.2 Å². The summed E-state index contributed by atoms with van der Waals surface area (Å²) in [5.74, 6) is -2.38. The van der Waals surface area contributed by atoms with E-state index in [0.29, 0.717) is 11.6 Å². The van der Waals surface area contributed by atoms with Gasteiger partial charge in [0.1, 0.15) is 11.7 Å². The topological polar surface area (TPSA) is 38.4 Å². The van der Waals surface area contributed by atoms with Crippen LogP contribution >= 0.6 is 11.8 Å². The molecule has 18 heavy (non-hydrogen) atoms. The highest BCUT2D eigenvalue weighted by Crippen LogP contribution is 2.38. The molecule has 1 unspecified atom stereocenters. The van der Waals surface area contributed by atoms with Crippen LogP contribution in [0.1, 0.15) is 25.5 Å². The van der Waals surface area contributed by atoms with Crippen molar-refractivity contribution in [3.63, 3.8) is 0 Å². The van der Waals surface area contributed by atoms with E-state index in [-0.39, 0.29) is 10.3 Å². The normalized spacial score (nSPS) is 22.7. The number of hydrogen-bond donors (Lipinski definition) is 1. The molecule has 6 heteroatoms. The molecule has 2 N–H and O–H groups in total. The number of rotatable bonds is 1. The van der Waals surface area contributed by atoms with Gasteiger partial charge in [0, 0.05) is 5.75 Å². The van der Waals surface area contributed by atoms with Crippen molar-refractivity contribution < 1.29 is 13.2 Å². The van der Waals surface area contributed by atoms with Crippen molar-refractivity contribution in [1.82, 2.24) is 0 Å². The van der Waals surface area contributed by atoms with Crippen molar-refractivity contribution in [2.75, 3.05) is 5.75 Å². The van der Waals surface area contributed by atoms with Gasteiger partial charge in [-0.25, -0.2) is 13.2 Å². The molecule has 2 nitrogen and oxygen atoms in total. The summed E-state index contributed by atoms with van der Waals surface area (Å²) < 4.78 is 40.0. The SMILES string of the molecule is CC1(C)SCC(c2c(F)ccc(F)c2F)N=C1N. The summed E-state index contributed by atoms with van der Waals surface area (Å²) in [5.41, 5.74) is 5.42. The molecule has 0 bridgehead atoms. The molecule has 1 aliphatic heterocycles. The number of nitrogens with zero attached hydrogens (tertiary/aromatic N) is 1. The molecule has 0 amide bonds. The fourth-order valence-electron chi connectivity index (χ4n) is 1.72. The maximum atomic E-state index is 13.6. The zero-order valence-electron chi connectivity index (χ0n) is 10.0. The van der Waals surface area contributed by atoms with Crippen molar-refractivity contribution in [2.24, 2.45) is 10.7 Å². The first-order chi connectivity index (χ1) is 8.33. The van der Waals surface area contributed by atoms with Crippen molar-refractivity contribution in [1.29, 1.82) is 0 Å². The van der Waals surface area contributed by atoms with E-state index in [1.165, 1.54) is 11.8 Å². The molecule has 0 spiro atoms. The minimum absolute atomic E-state index is 0.312.